The van der Waals surface area contributed by atoms with Gasteiger partial charge in [0.1, 0.15) is 17.7 Å². The van der Waals surface area contributed by atoms with E-state index in [1.807, 2.05) is 36.7 Å². The minimum atomic E-state index is -0.293. The molecule has 3 aromatic heterocycles. The standard InChI is InChI=1S/C24H17N5O2/c1-2-21(30)29-17-7-5-8-18(11-17)31-24-22-19(13-26-23(22)27-14-28-24)16-10-15-6-3-4-9-20(15)25-12-16/h2-14H,1H2,(H,29,30)(H,26,27,28). The molecule has 0 spiro atoms. The van der Waals surface area contributed by atoms with E-state index in [0.717, 1.165) is 27.4 Å². The summed E-state index contributed by atoms with van der Waals surface area (Å²) in [5, 5.41) is 4.51. The predicted octanol–water partition coefficient (Wildman–Crippen LogP) is 5.09. The number of benzene rings is 2. The summed E-state index contributed by atoms with van der Waals surface area (Å²) in [6, 6.07) is 17.1. The van der Waals surface area contributed by atoms with Crippen molar-refractivity contribution in [3.05, 3.63) is 86.0 Å². The summed E-state index contributed by atoms with van der Waals surface area (Å²) in [6.45, 7) is 3.46. The average molecular weight is 407 g/mol. The first-order valence-electron chi connectivity index (χ1n) is 9.60. The van der Waals surface area contributed by atoms with Crippen LogP contribution in [-0.4, -0.2) is 25.8 Å². The van der Waals surface area contributed by atoms with E-state index >= 15 is 0 Å². The van der Waals surface area contributed by atoms with Gasteiger partial charge in [0.25, 0.3) is 0 Å². The van der Waals surface area contributed by atoms with Gasteiger partial charge in [-0.2, -0.15) is 0 Å². The summed E-state index contributed by atoms with van der Waals surface area (Å²) >= 11 is 0. The number of ether oxygens (including phenoxy) is 1. The van der Waals surface area contributed by atoms with Crippen molar-refractivity contribution in [1.82, 2.24) is 19.9 Å². The molecule has 0 unspecified atom stereocenters. The number of hydrogen-bond donors (Lipinski definition) is 2. The summed E-state index contributed by atoms with van der Waals surface area (Å²) < 4.78 is 6.09. The largest absolute Gasteiger partial charge is 0.438 e. The van der Waals surface area contributed by atoms with Gasteiger partial charge in [0.15, 0.2) is 0 Å². The lowest BCUT2D eigenvalue weighted by molar-refractivity contribution is -0.111. The molecule has 150 valence electrons. The molecule has 0 atom stereocenters. The van der Waals surface area contributed by atoms with Crippen molar-refractivity contribution in [2.24, 2.45) is 0 Å². The van der Waals surface area contributed by atoms with Crippen molar-refractivity contribution in [1.29, 1.82) is 0 Å². The van der Waals surface area contributed by atoms with Gasteiger partial charge in [0.2, 0.25) is 11.8 Å². The van der Waals surface area contributed by atoms with Gasteiger partial charge < -0.3 is 15.0 Å². The summed E-state index contributed by atoms with van der Waals surface area (Å²) in [7, 11) is 0. The summed E-state index contributed by atoms with van der Waals surface area (Å²) in [5.74, 6) is 0.644. The fraction of sp³-hybridized carbons (Fsp3) is 0. The Labute approximate surface area is 177 Å². The molecular weight excluding hydrogens is 390 g/mol. The summed E-state index contributed by atoms with van der Waals surface area (Å²) in [5.41, 5.74) is 4.00. The molecule has 1 amide bonds. The highest BCUT2D eigenvalue weighted by Gasteiger charge is 2.15. The zero-order chi connectivity index (χ0) is 21.2. The number of aromatic nitrogens is 4. The number of carbonyl (C=O) groups is 1. The first kappa shape index (κ1) is 18.5. The van der Waals surface area contributed by atoms with E-state index in [9.17, 15) is 4.79 Å². The molecule has 0 aliphatic carbocycles. The van der Waals surface area contributed by atoms with Crippen LogP contribution in [-0.2, 0) is 4.79 Å². The van der Waals surface area contributed by atoms with Crippen LogP contribution in [0.4, 0.5) is 5.69 Å². The van der Waals surface area contributed by atoms with E-state index in [1.54, 1.807) is 24.3 Å². The van der Waals surface area contributed by atoms with E-state index in [1.165, 1.54) is 12.4 Å². The normalized spacial score (nSPS) is 10.8. The maximum Gasteiger partial charge on any atom is 0.247 e. The molecule has 31 heavy (non-hydrogen) atoms. The molecule has 0 aliphatic rings. The fourth-order valence-corrected chi connectivity index (χ4v) is 3.40. The van der Waals surface area contributed by atoms with Gasteiger partial charge in [-0.05, 0) is 30.3 Å². The van der Waals surface area contributed by atoms with Crippen LogP contribution in [0.1, 0.15) is 0 Å². The number of carbonyl (C=O) groups excluding carboxylic acids is 1. The lowest BCUT2D eigenvalue weighted by Crippen LogP contribution is -2.07. The van der Waals surface area contributed by atoms with Gasteiger partial charge in [-0.1, -0.05) is 30.8 Å². The second-order valence-electron chi connectivity index (χ2n) is 6.84. The Kier molecular flexibility index (Phi) is 4.61. The predicted molar refractivity (Wildman–Crippen MR) is 120 cm³/mol. The van der Waals surface area contributed by atoms with E-state index in [0.29, 0.717) is 23.0 Å². The quantitative estimate of drug-likeness (QED) is 0.396. The number of fused-ring (bicyclic) bond motifs is 2. The molecule has 0 fully saturated rings. The Morgan fingerprint density at radius 3 is 2.87 bits per heavy atom. The third-order valence-electron chi connectivity index (χ3n) is 4.84. The van der Waals surface area contributed by atoms with Crippen molar-refractivity contribution >= 4 is 33.5 Å². The lowest BCUT2D eigenvalue weighted by atomic mass is 10.1. The zero-order valence-corrected chi connectivity index (χ0v) is 16.4. The van der Waals surface area contributed by atoms with Crippen molar-refractivity contribution in [3.8, 4) is 22.8 Å². The Bertz CT molecular complexity index is 1440. The molecular formula is C24H17N5O2. The number of pyridine rings is 1. The number of amides is 1. The lowest BCUT2D eigenvalue weighted by Gasteiger charge is -2.09. The molecule has 5 rings (SSSR count). The SMILES string of the molecule is C=CC(=O)Nc1cccc(Oc2ncnc3[nH]cc(-c4cnc5ccccc5c4)c23)c1. The van der Waals surface area contributed by atoms with Crippen LogP contribution >= 0.6 is 0 Å². The van der Waals surface area contributed by atoms with Gasteiger partial charge >= 0.3 is 0 Å². The van der Waals surface area contributed by atoms with Crippen molar-refractivity contribution in [2.45, 2.75) is 0 Å². The Balaban J connectivity index is 1.56. The molecule has 5 aromatic rings. The number of hydrogen-bond acceptors (Lipinski definition) is 5. The topological polar surface area (TPSA) is 92.8 Å². The third kappa shape index (κ3) is 3.60. The van der Waals surface area contributed by atoms with Crippen LogP contribution in [0, 0.1) is 0 Å². The van der Waals surface area contributed by atoms with Gasteiger partial charge in [-0.15, -0.1) is 0 Å². The molecule has 3 heterocycles. The number of H-pyrrole nitrogens is 1. The second-order valence-corrected chi connectivity index (χ2v) is 6.84. The fourth-order valence-electron chi connectivity index (χ4n) is 3.40. The average Bonchev–Trinajstić information content (AvgIpc) is 3.24. The molecule has 0 saturated carbocycles. The highest BCUT2D eigenvalue weighted by molar-refractivity contribution is 5.99. The maximum absolute atomic E-state index is 11.6. The monoisotopic (exact) mass is 407 g/mol. The van der Waals surface area contributed by atoms with Gasteiger partial charge in [0, 0.05) is 40.7 Å². The molecule has 0 radical (unpaired) electrons. The first-order valence-corrected chi connectivity index (χ1v) is 9.60. The van der Waals surface area contributed by atoms with Crippen LogP contribution in [0.3, 0.4) is 0 Å². The van der Waals surface area contributed by atoms with Crippen LogP contribution in [0.2, 0.25) is 0 Å². The van der Waals surface area contributed by atoms with Crippen molar-refractivity contribution in [2.75, 3.05) is 5.32 Å². The van der Waals surface area contributed by atoms with Crippen LogP contribution in [0.5, 0.6) is 11.6 Å². The third-order valence-corrected chi connectivity index (χ3v) is 4.84. The van der Waals surface area contributed by atoms with Crippen molar-refractivity contribution < 1.29 is 9.53 Å². The summed E-state index contributed by atoms with van der Waals surface area (Å²) in [6.07, 6.45) is 6.36. The molecule has 7 nitrogen and oxygen atoms in total. The number of nitrogens with one attached hydrogen (secondary N) is 2. The summed E-state index contributed by atoms with van der Waals surface area (Å²) in [4.78, 5) is 28.0. The Morgan fingerprint density at radius 1 is 1.06 bits per heavy atom. The minimum absolute atomic E-state index is 0.293. The first-order chi connectivity index (χ1) is 15.2. The number of aromatic amines is 1. The Hall–Kier alpha value is -4.52. The highest BCUT2D eigenvalue weighted by Crippen LogP contribution is 2.36. The van der Waals surface area contributed by atoms with Crippen LogP contribution in [0.25, 0.3) is 33.1 Å². The number of nitrogens with zero attached hydrogens (tertiary/aromatic N) is 3. The molecule has 0 bridgehead atoms. The van der Waals surface area contributed by atoms with Gasteiger partial charge in [-0.3, -0.25) is 9.78 Å². The van der Waals surface area contributed by atoms with E-state index in [4.69, 9.17) is 4.74 Å². The highest BCUT2D eigenvalue weighted by atomic mass is 16.5. The molecule has 0 aliphatic heterocycles. The molecule has 2 aromatic carbocycles. The molecule has 2 N–H and O–H groups in total. The van der Waals surface area contributed by atoms with E-state index in [2.05, 4.69) is 37.9 Å². The van der Waals surface area contributed by atoms with E-state index in [-0.39, 0.29) is 5.91 Å². The second kappa shape index (κ2) is 7.72. The van der Waals surface area contributed by atoms with Gasteiger partial charge in [0.05, 0.1) is 10.9 Å². The van der Waals surface area contributed by atoms with Crippen LogP contribution < -0.4 is 10.1 Å². The number of para-hydroxylation sites is 1. The minimum Gasteiger partial charge on any atom is -0.438 e. The zero-order valence-electron chi connectivity index (χ0n) is 16.4. The Morgan fingerprint density at radius 2 is 1.97 bits per heavy atom. The molecule has 7 heteroatoms. The van der Waals surface area contributed by atoms with E-state index < -0.39 is 0 Å². The van der Waals surface area contributed by atoms with Crippen molar-refractivity contribution in [3.63, 3.8) is 0 Å². The smallest absolute Gasteiger partial charge is 0.247 e. The number of anilines is 1. The molecule has 0 saturated heterocycles. The number of rotatable bonds is 5. The van der Waals surface area contributed by atoms with Gasteiger partial charge in [-0.25, -0.2) is 9.97 Å². The maximum atomic E-state index is 11.6. The van der Waals surface area contributed by atoms with Crippen LogP contribution in [0.15, 0.2) is 86.0 Å².